The highest BCUT2D eigenvalue weighted by atomic mass is 33.1. The maximum absolute atomic E-state index is 13.4. The van der Waals surface area contributed by atoms with Crippen LogP contribution in [0.25, 0.3) is 0 Å². The number of hydrogen-bond acceptors (Lipinski definition) is 12. The summed E-state index contributed by atoms with van der Waals surface area (Å²) in [5.41, 5.74) is 0. The second-order valence-corrected chi connectivity index (χ2v) is 21.2. The Labute approximate surface area is 358 Å². The van der Waals surface area contributed by atoms with Gasteiger partial charge in [0.15, 0.2) is 0 Å². The molecule has 338 valence electrons. The summed E-state index contributed by atoms with van der Waals surface area (Å²) in [6.45, 7) is 17.4. The van der Waals surface area contributed by atoms with Crippen LogP contribution in [0.3, 0.4) is 0 Å². The topological polar surface area (TPSA) is 161 Å². The molecule has 2 amide bonds. The number of ketones is 2. The lowest BCUT2D eigenvalue weighted by molar-refractivity contribution is -0.134. The fourth-order valence-corrected chi connectivity index (χ4v) is 10.2. The zero-order chi connectivity index (χ0) is 43.1. The molecule has 0 aliphatic carbocycles. The van der Waals surface area contributed by atoms with Crippen molar-refractivity contribution in [2.45, 2.75) is 194 Å². The fraction of sp³-hybridized carbons (Fsp3) is 0.905. The Morgan fingerprint density at radius 2 is 1.24 bits per heavy atom. The molecule has 58 heavy (non-hydrogen) atoms. The normalized spacial score (nSPS) is 20.9. The molecule has 2 heterocycles. The van der Waals surface area contributed by atoms with E-state index in [0.29, 0.717) is 82.8 Å². The third kappa shape index (κ3) is 23.3. The average Bonchev–Trinajstić information content (AvgIpc) is 3.74. The number of nitrogens with one attached hydrogen (secondary N) is 1. The summed E-state index contributed by atoms with van der Waals surface area (Å²) in [5.74, 6) is 2.05. The van der Waals surface area contributed by atoms with Crippen LogP contribution in [0.5, 0.6) is 0 Å². The van der Waals surface area contributed by atoms with E-state index in [1.165, 1.54) is 0 Å². The maximum atomic E-state index is 13.4. The molecule has 1 unspecified atom stereocenters. The van der Waals surface area contributed by atoms with Gasteiger partial charge in [0, 0.05) is 68.7 Å². The first-order chi connectivity index (χ1) is 27.5. The van der Waals surface area contributed by atoms with Gasteiger partial charge < -0.3 is 29.5 Å². The van der Waals surface area contributed by atoms with Crippen LogP contribution in [0, 0.1) is 5.92 Å². The number of carbonyl (C=O) groups is 4. The number of carbonyl (C=O) groups excluding carboxylic acids is 4. The second kappa shape index (κ2) is 29.3. The minimum absolute atomic E-state index is 0.0386. The van der Waals surface area contributed by atoms with Gasteiger partial charge in [0.2, 0.25) is 11.8 Å². The first-order valence-electron chi connectivity index (χ1n) is 22.0. The summed E-state index contributed by atoms with van der Waals surface area (Å²) in [5, 5.41) is 3.40. The highest BCUT2D eigenvalue weighted by Gasteiger charge is 2.42. The molecule has 0 saturated carbocycles. The van der Waals surface area contributed by atoms with Crippen molar-refractivity contribution in [1.29, 1.82) is 0 Å². The molecule has 0 aromatic heterocycles. The van der Waals surface area contributed by atoms with Crippen LogP contribution >= 0.6 is 29.4 Å². The number of Topliss-reactive ketones (excluding diaryl/α,β-unsaturated/α-hetero) is 2. The second-order valence-electron chi connectivity index (χ2n) is 17.0. The van der Waals surface area contributed by atoms with E-state index >= 15 is 0 Å². The van der Waals surface area contributed by atoms with Gasteiger partial charge >= 0.3 is 7.82 Å². The molecule has 16 heteroatoms. The monoisotopic (exact) mass is 879 g/mol. The largest absolute Gasteiger partial charge is 0.472 e. The Balaban J connectivity index is 1.82. The zero-order valence-corrected chi connectivity index (χ0v) is 39.5. The molecule has 0 radical (unpaired) electrons. The number of phosphoric acid groups is 1. The molecule has 0 spiro atoms. The predicted molar refractivity (Wildman–Crippen MR) is 235 cm³/mol. The van der Waals surface area contributed by atoms with E-state index in [1.807, 2.05) is 41.5 Å². The van der Waals surface area contributed by atoms with Gasteiger partial charge in [-0.25, -0.2) is 4.57 Å². The molecule has 2 N–H and O–H groups in total. The van der Waals surface area contributed by atoms with Crippen molar-refractivity contribution in [3.63, 3.8) is 0 Å². The number of unbranched alkanes of at least 4 members (excludes halogenated alkanes) is 5. The molecular formula is C42H78N3O10PS2. The van der Waals surface area contributed by atoms with Gasteiger partial charge in [-0.1, -0.05) is 68.5 Å². The number of amides is 2. The van der Waals surface area contributed by atoms with Crippen LogP contribution in [-0.2, 0) is 42.3 Å². The van der Waals surface area contributed by atoms with E-state index in [4.69, 9.17) is 18.5 Å². The van der Waals surface area contributed by atoms with Gasteiger partial charge in [0.05, 0.1) is 49.7 Å². The van der Waals surface area contributed by atoms with Crippen LogP contribution < -0.4 is 5.32 Å². The number of hydrogen-bond donors (Lipinski definition) is 2. The molecule has 2 aliphatic heterocycles. The van der Waals surface area contributed by atoms with Crippen LogP contribution in [-0.4, -0.2) is 125 Å². The Morgan fingerprint density at radius 3 is 1.84 bits per heavy atom. The van der Waals surface area contributed by atoms with Crippen LogP contribution in [0.1, 0.15) is 152 Å². The van der Waals surface area contributed by atoms with Gasteiger partial charge in [-0.05, 0) is 79.2 Å². The van der Waals surface area contributed by atoms with Crippen molar-refractivity contribution < 1.29 is 47.2 Å². The summed E-state index contributed by atoms with van der Waals surface area (Å²) in [6.07, 6.45) is 9.30. The average molecular weight is 880 g/mol. The zero-order valence-electron chi connectivity index (χ0n) is 37.0. The first kappa shape index (κ1) is 53.1. The van der Waals surface area contributed by atoms with Crippen molar-refractivity contribution in [2.75, 3.05) is 44.4 Å². The van der Waals surface area contributed by atoms with Crippen molar-refractivity contribution in [3.05, 3.63) is 0 Å². The van der Waals surface area contributed by atoms with Gasteiger partial charge in [-0.3, -0.25) is 28.2 Å². The lowest BCUT2D eigenvalue weighted by atomic mass is 10.0. The van der Waals surface area contributed by atoms with Crippen molar-refractivity contribution >= 4 is 52.8 Å². The fourth-order valence-electron chi connectivity index (χ4n) is 7.15. The molecule has 2 aliphatic rings. The van der Waals surface area contributed by atoms with Gasteiger partial charge in [0.25, 0.3) is 0 Å². The minimum Gasteiger partial charge on any atom is -0.377 e. The van der Waals surface area contributed by atoms with Crippen molar-refractivity contribution in [2.24, 2.45) is 5.92 Å². The third-order valence-electron chi connectivity index (χ3n) is 10.3. The van der Waals surface area contributed by atoms with Crippen molar-refractivity contribution in [1.82, 2.24) is 15.1 Å². The van der Waals surface area contributed by atoms with Crippen LogP contribution in [0.15, 0.2) is 0 Å². The highest BCUT2D eigenvalue weighted by molar-refractivity contribution is 8.76. The Kier molecular flexibility index (Phi) is 26.8. The molecule has 5 atom stereocenters. The molecule has 2 rings (SSSR count). The first-order valence-corrected chi connectivity index (χ1v) is 26.0. The molecule has 2 fully saturated rings. The molecule has 0 aromatic carbocycles. The van der Waals surface area contributed by atoms with Gasteiger partial charge in [-0.2, -0.15) is 0 Å². The van der Waals surface area contributed by atoms with E-state index in [1.54, 1.807) is 31.4 Å². The van der Waals surface area contributed by atoms with Crippen LogP contribution in [0.2, 0.25) is 0 Å². The number of ether oxygens (including phenoxy) is 2. The third-order valence-corrected chi connectivity index (χ3v) is 13.8. The summed E-state index contributed by atoms with van der Waals surface area (Å²) in [6, 6.07) is -0.255. The number of phosphoric ester groups is 1. The van der Waals surface area contributed by atoms with Gasteiger partial charge in [-0.15, -0.1) is 0 Å². The Morgan fingerprint density at radius 1 is 0.690 bits per heavy atom. The predicted octanol–water partition coefficient (Wildman–Crippen LogP) is 8.15. The number of likely N-dealkylation sites (tertiary alicyclic amines) is 2. The SMILES string of the molecule is CC(C)NCCCCCC(=O)CCCCCCC(=O)N1C[C@H](OC(C)C)C[C@H]1COP(=O)(O)O[C@@H]1C[C@@H](COC(C)C)N(C(=O)CCCSSCCC(=O)C(C)C)C1. The van der Waals surface area contributed by atoms with E-state index in [2.05, 4.69) is 19.2 Å². The Bertz CT molecular complexity index is 1260. The Hall–Kier alpha value is -1.03. The van der Waals surface area contributed by atoms with Gasteiger partial charge in [0.1, 0.15) is 11.6 Å². The molecule has 2 saturated heterocycles. The number of rotatable bonds is 33. The lowest BCUT2D eigenvalue weighted by Crippen LogP contribution is -2.39. The quantitative estimate of drug-likeness (QED) is 0.0370. The van der Waals surface area contributed by atoms with E-state index in [9.17, 15) is 28.6 Å². The summed E-state index contributed by atoms with van der Waals surface area (Å²) in [7, 11) is -1.24. The van der Waals surface area contributed by atoms with Crippen molar-refractivity contribution in [3.8, 4) is 0 Å². The van der Waals surface area contributed by atoms with Crippen LogP contribution in [0.4, 0.5) is 0 Å². The standard InChI is InChI=1S/C42H78N3O10PS2/c1-31(2)40(47)21-24-58-57-23-16-20-42(49)45-28-39(26-35(45)29-52-33(5)6)55-56(50,51)53-30-36-25-38(54-34(7)8)27-44(36)41(48)19-14-10-9-12-17-37(46)18-13-11-15-22-43-32(3)4/h31-36,38-39,43H,9-30H2,1-8H3,(H,50,51)/t35-,36-,38+,39+/m0/s1. The minimum atomic E-state index is -4.55. The number of nitrogens with zero attached hydrogens (tertiary/aromatic N) is 2. The highest BCUT2D eigenvalue weighted by Crippen LogP contribution is 2.47. The molecule has 0 aromatic rings. The summed E-state index contributed by atoms with van der Waals surface area (Å²) in [4.78, 5) is 65.2. The van der Waals surface area contributed by atoms with E-state index < -0.39 is 20.0 Å². The molecule has 13 nitrogen and oxygen atoms in total. The van der Waals surface area contributed by atoms with E-state index in [-0.39, 0.29) is 61.0 Å². The molecule has 0 bridgehead atoms. The maximum Gasteiger partial charge on any atom is 0.472 e. The summed E-state index contributed by atoms with van der Waals surface area (Å²) < 4.78 is 36.4. The molecular weight excluding hydrogens is 802 g/mol. The smallest absolute Gasteiger partial charge is 0.377 e. The summed E-state index contributed by atoms with van der Waals surface area (Å²) >= 11 is 0. The lowest BCUT2D eigenvalue weighted by Gasteiger charge is -2.26. The van der Waals surface area contributed by atoms with E-state index in [0.717, 1.165) is 56.6 Å².